The molecule has 37 heavy (non-hydrogen) atoms. The van der Waals surface area contributed by atoms with Gasteiger partial charge in [0, 0.05) is 12.6 Å². The molecule has 1 saturated heterocycles. The highest BCUT2D eigenvalue weighted by molar-refractivity contribution is 5.89. The zero-order valence-corrected chi connectivity index (χ0v) is 21.8. The summed E-state index contributed by atoms with van der Waals surface area (Å²) in [6.07, 6.45) is 1.98. The number of β-amino-alcohol motifs (C(OH)–C–C–N with tert-alkyl or cyclic N) is 1. The van der Waals surface area contributed by atoms with E-state index in [9.17, 15) is 19.4 Å². The smallest absolute Gasteiger partial charge is 0.335 e. The summed E-state index contributed by atoms with van der Waals surface area (Å²) in [5, 5.41) is 20.1. The van der Waals surface area contributed by atoms with E-state index >= 15 is 0 Å². The first-order chi connectivity index (χ1) is 17.7. The second kappa shape index (κ2) is 12.0. The van der Waals surface area contributed by atoms with Crippen LogP contribution in [0.2, 0.25) is 0 Å². The van der Waals surface area contributed by atoms with Crippen LogP contribution in [0.25, 0.3) is 11.1 Å². The van der Waals surface area contributed by atoms with Gasteiger partial charge in [-0.3, -0.25) is 4.90 Å². The molecule has 6 heteroatoms. The Morgan fingerprint density at radius 3 is 2.59 bits per heavy atom. The number of likely N-dealkylation sites (tertiary alicyclic amines) is 1. The minimum Gasteiger partial charge on any atom is -0.478 e. The SMILES string of the molecule is Cc1ccc(C[C@@H]2CCCN2C[C@@H](O)CO[C@H](C)c2ccccc2-c2ccc(C(=O)O)cc2C)cc1F. The second-order valence-corrected chi connectivity index (χ2v) is 10.1. The molecule has 1 heterocycles. The number of nitrogens with zero attached hydrogens (tertiary/aromatic N) is 1. The molecule has 0 aromatic heterocycles. The highest BCUT2D eigenvalue weighted by Gasteiger charge is 2.27. The van der Waals surface area contributed by atoms with E-state index in [1.54, 1.807) is 25.1 Å². The molecule has 5 nitrogen and oxygen atoms in total. The first-order valence-electron chi connectivity index (χ1n) is 12.9. The van der Waals surface area contributed by atoms with Gasteiger partial charge in [0.15, 0.2) is 0 Å². The molecule has 0 saturated carbocycles. The molecule has 0 spiro atoms. The van der Waals surface area contributed by atoms with Crippen molar-refractivity contribution in [2.24, 2.45) is 0 Å². The summed E-state index contributed by atoms with van der Waals surface area (Å²) in [5.41, 5.74) is 5.73. The Kier molecular flexibility index (Phi) is 8.75. The lowest BCUT2D eigenvalue weighted by Crippen LogP contribution is -2.39. The van der Waals surface area contributed by atoms with E-state index in [-0.39, 0.29) is 30.1 Å². The number of halogens is 1. The van der Waals surface area contributed by atoms with Crippen LogP contribution >= 0.6 is 0 Å². The predicted octanol–water partition coefficient (Wildman–Crippen LogP) is 5.95. The molecule has 2 N–H and O–H groups in total. The molecule has 1 aliphatic rings. The zero-order valence-electron chi connectivity index (χ0n) is 21.8. The van der Waals surface area contributed by atoms with Crippen molar-refractivity contribution < 1.29 is 24.1 Å². The molecule has 3 aromatic carbocycles. The minimum absolute atomic E-state index is 0.169. The van der Waals surface area contributed by atoms with Gasteiger partial charge in [-0.25, -0.2) is 9.18 Å². The topological polar surface area (TPSA) is 70.0 Å². The lowest BCUT2D eigenvalue weighted by molar-refractivity contribution is -0.0169. The average Bonchev–Trinajstić information content (AvgIpc) is 3.30. The van der Waals surface area contributed by atoms with E-state index in [0.717, 1.165) is 53.6 Å². The van der Waals surface area contributed by atoms with Crippen LogP contribution in [0.15, 0.2) is 60.7 Å². The molecule has 0 unspecified atom stereocenters. The van der Waals surface area contributed by atoms with Gasteiger partial charge in [0.2, 0.25) is 0 Å². The molecule has 1 aliphatic heterocycles. The Morgan fingerprint density at radius 2 is 1.86 bits per heavy atom. The normalized spacial score (nSPS) is 17.6. The first kappa shape index (κ1) is 27.0. The molecular formula is C31H36FNO4. The number of carboxylic acids is 1. The molecular weight excluding hydrogens is 469 g/mol. The molecule has 1 fully saturated rings. The van der Waals surface area contributed by atoms with Gasteiger partial charge in [-0.2, -0.15) is 0 Å². The number of hydrogen-bond acceptors (Lipinski definition) is 4. The largest absolute Gasteiger partial charge is 0.478 e. The summed E-state index contributed by atoms with van der Waals surface area (Å²) < 4.78 is 20.1. The van der Waals surface area contributed by atoms with Crippen LogP contribution in [-0.2, 0) is 11.2 Å². The number of hydrogen-bond donors (Lipinski definition) is 2. The van der Waals surface area contributed by atoms with Crippen molar-refractivity contribution in [1.82, 2.24) is 4.90 Å². The summed E-state index contributed by atoms with van der Waals surface area (Å²) in [6, 6.07) is 18.8. The number of ether oxygens (including phenoxy) is 1. The average molecular weight is 506 g/mol. The number of benzene rings is 3. The van der Waals surface area contributed by atoms with Crippen LogP contribution in [0.3, 0.4) is 0 Å². The number of carboxylic acid groups (broad SMARTS) is 1. The Hall–Kier alpha value is -3.06. The van der Waals surface area contributed by atoms with E-state index in [0.29, 0.717) is 12.1 Å². The van der Waals surface area contributed by atoms with Crippen molar-refractivity contribution in [3.63, 3.8) is 0 Å². The summed E-state index contributed by atoms with van der Waals surface area (Å²) in [4.78, 5) is 13.6. The summed E-state index contributed by atoms with van der Waals surface area (Å²) in [5.74, 6) is -1.11. The Bertz CT molecular complexity index is 1240. The van der Waals surface area contributed by atoms with Crippen molar-refractivity contribution in [2.75, 3.05) is 19.7 Å². The number of carbonyl (C=O) groups is 1. The molecule has 0 radical (unpaired) electrons. The van der Waals surface area contributed by atoms with E-state index in [1.807, 2.05) is 56.3 Å². The first-order valence-corrected chi connectivity index (χ1v) is 12.9. The van der Waals surface area contributed by atoms with E-state index < -0.39 is 12.1 Å². The standard InChI is InChI=1S/C31H36FNO4/c1-20-10-11-23(17-30(20)32)16-25-7-6-14-33(25)18-26(34)19-37-22(3)28-8-4-5-9-29(28)27-13-12-24(31(35)36)15-21(27)2/h4-5,8-13,15,17,22,25-26,34H,6-7,14,16,18-19H2,1-3H3,(H,35,36)/t22-,25+,26-/m1/s1. The molecule has 4 rings (SSSR count). The maximum atomic E-state index is 14.0. The van der Waals surface area contributed by atoms with Gasteiger partial charge in [0.05, 0.1) is 24.4 Å². The summed E-state index contributed by atoms with van der Waals surface area (Å²) in [7, 11) is 0. The third-order valence-corrected chi connectivity index (χ3v) is 7.35. The number of aliphatic hydroxyl groups excluding tert-OH is 1. The fraction of sp³-hybridized carbons (Fsp3) is 0.387. The minimum atomic E-state index is -0.945. The highest BCUT2D eigenvalue weighted by atomic mass is 19.1. The van der Waals surface area contributed by atoms with Gasteiger partial charge in [0.1, 0.15) is 5.82 Å². The van der Waals surface area contributed by atoms with Gasteiger partial charge < -0.3 is 14.9 Å². The number of aliphatic hydroxyl groups is 1. The van der Waals surface area contributed by atoms with Gasteiger partial charge in [-0.15, -0.1) is 0 Å². The third kappa shape index (κ3) is 6.63. The zero-order chi connectivity index (χ0) is 26.5. The summed E-state index contributed by atoms with van der Waals surface area (Å²) >= 11 is 0. The Morgan fingerprint density at radius 1 is 1.08 bits per heavy atom. The van der Waals surface area contributed by atoms with Crippen LogP contribution in [-0.4, -0.2) is 52.9 Å². The number of rotatable bonds is 10. The maximum Gasteiger partial charge on any atom is 0.335 e. The van der Waals surface area contributed by atoms with Crippen LogP contribution < -0.4 is 0 Å². The van der Waals surface area contributed by atoms with Crippen molar-refractivity contribution in [1.29, 1.82) is 0 Å². The van der Waals surface area contributed by atoms with Crippen LogP contribution in [0.1, 0.15) is 58.5 Å². The molecule has 3 aromatic rings. The summed E-state index contributed by atoms with van der Waals surface area (Å²) in [6.45, 7) is 7.29. The van der Waals surface area contributed by atoms with Crippen molar-refractivity contribution >= 4 is 5.97 Å². The van der Waals surface area contributed by atoms with Crippen molar-refractivity contribution in [3.8, 4) is 11.1 Å². The fourth-order valence-corrected chi connectivity index (χ4v) is 5.27. The lowest BCUT2D eigenvalue weighted by Gasteiger charge is -2.28. The maximum absolute atomic E-state index is 14.0. The monoisotopic (exact) mass is 505 g/mol. The molecule has 196 valence electrons. The van der Waals surface area contributed by atoms with Crippen molar-refractivity contribution in [3.05, 3.63) is 94.3 Å². The van der Waals surface area contributed by atoms with Gasteiger partial charge in [-0.05, 0) is 98.2 Å². The predicted molar refractivity (Wildman–Crippen MR) is 143 cm³/mol. The third-order valence-electron chi connectivity index (χ3n) is 7.35. The molecule has 0 bridgehead atoms. The van der Waals surface area contributed by atoms with Crippen LogP contribution in [0.5, 0.6) is 0 Å². The Balaban J connectivity index is 1.37. The van der Waals surface area contributed by atoms with Gasteiger partial charge in [-0.1, -0.05) is 42.5 Å². The molecule has 3 atom stereocenters. The molecule has 0 amide bonds. The van der Waals surface area contributed by atoms with Crippen molar-refractivity contribution in [2.45, 2.75) is 58.3 Å². The van der Waals surface area contributed by atoms with E-state index in [4.69, 9.17) is 4.74 Å². The lowest BCUT2D eigenvalue weighted by atomic mass is 9.92. The van der Waals surface area contributed by atoms with Gasteiger partial charge in [0.25, 0.3) is 0 Å². The number of aryl methyl sites for hydroxylation is 2. The van der Waals surface area contributed by atoms with E-state index in [2.05, 4.69) is 4.90 Å². The fourth-order valence-electron chi connectivity index (χ4n) is 5.27. The highest BCUT2D eigenvalue weighted by Crippen LogP contribution is 2.32. The van der Waals surface area contributed by atoms with Crippen LogP contribution in [0, 0.1) is 19.7 Å². The Labute approximate surface area is 218 Å². The van der Waals surface area contributed by atoms with E-state index in [1.165, 1.54) is 0 Å². The van der Waals surface area contributed by atoms with Crippen LogP contribution in [0.4, 0.5) is 4.39 Å². The second-order valence-electron chi connectivity index (χ2n) is 10.1. The molecule has 0 aliphatic carbocycles. The quantitative estimate of drug-likeness (QED) is 0.356. The number of aromatic carboxylic acids is 1. The van der Waals surface area contributed by atoms with Gasteiger partial charge >= 0.3 is 5.97 Å².